The van der Waals surface area contributed by atoms with Crippen molar-refractivity contribution in [2.75, 3.05) is 37.7 Å². The van der Waals surface area contributed by atoms with Crippen molar-refractivity contribution in [1.82, 2.24) is 10.6 Å². The molecule has 27 heavy (non-hydrogen) atoms. The second kappa shape index (κ2) is 9.08. The number of amides is 1. The molecule has 7 heteroatoms. The van der Waals surface area contributed by atoms with E-state index in [1.165, 1.54) is 11.0 Å². The van der Waals surface area contributed by atoms with Crippen molar-refractivity contribution in [2.24, 2.45) is 5.92 Å². The highest BCUT2D eigenvalue weighted by atomic mass is 19.1. The standard InChI is InChI=1S/C20H28FN3O3/c1-14(2)23-11-17-12-24(20(25)27-17)16-5-6-19(18(21)10-16)26-13-15-4-3-8-22-9-7-15/h5-6,10,15,17,22-23H,1,3-4,7-9,11-13H2,2H3/t15?,17-/m0/s1. The number of anilines is 1. The Morgan fingerprint density at radius 1 is 1.44 bits per heavy atom. The average Bonchev–Trinajstić information content (AvgIpc) is 2.83. The number of rotatable bonds is 7. The van der Waals surface area contributed by atoms with Crippen LogP contribution in [0.25, 0.3) is 0 Å². The molecule has 3 rings (SSSR count). The Bertz CT molecular complexity index is 674. The summed E-state index contributed by atoms with van der Waals surface area (Å²) in [6.45, 7) is 8.98. The van der Waals surface area contributed by atoms with Crippen LogP contribution in [-0.2, 0) is 4.74 Å². The van der Waals surface area contributed by atoms with E-state index < -0.39 is 11.9 Å². The van der Waals surface area contributed by atoms with Crippen molar-refractivity contribution in [3.05, 3.63) is 36.3 Å². The first-order valence-corrected chi connectivity index (χ1v) is 9.53. The van der Waals surface area contributed by atoms with Crippen LogP contribution in [0.1, 0.15) is 26.2 Å². The van der Waals surface area contributed by atoms with Crippen molar-refractivity contribution in [1.29, 1.82) is 0 Å². The van der Waals surface area contributed by atoms with Crippen LogP contribution < -0.4 is 20.3 Å². The fourth-order valence-corrected chi connectivity index (χ4v) is 3.37. The topological polar surface area (TPSA) is 62.8 Å². The summed E-state index contributed by atoms with van der Waals surface area (Å²) < 4.78 is 25.5. The van der Waals surface area contributed by atoms with E-state index in [0.29, 0.717) is 31.3 Å². The van der Waals surface area contributed by atoms with Gasteiger partial charge >= 0.3 is 6.09 Å². The molecular weight excluding hydrogens is 349 g/mol. The number of nitrogens with zero attached hydrogens (tertiary/aromatic N) is 1. The molecule has 0 bridgehead atoms. The number of ether oxygens (including phenoxy) is 2. The molecule has 1 aromatic carbocycles. The molecule has 0 radical (unpaired) electrons. The maximum Gasteiger partial charge on any atom is 0.414 e. The van der Waals surface area contributed by atoms with Crippen LogP contribution >= 0.6 is 0 Å². The predicted octanol–water partition coefficient (Wildman–Crippen LogP) is 3.04. The number of benzene rings is 1. The lowest BCUT2D eigenvalue weighted by molar-refractivity contribution is 0.141. The van der Waals surface area contributed by atoms with Gasteiger partial charge in [-0.1, -0.05) is 6.58 Å². The Hall–Kier alpha value is -2.28. The normalized spacial score (nSPS) is 22.9. The van der Waals surface area contributed by atoms with E-state index in [1.54, 1.807) is 12.1 Å². The Morgan fingerprint density at radius 3 is 3.07 bits per heavy atom. The lowest BCUT2D eigenvalue weighted by Gasteiger charge is -2.17. The van der Waals surface area contributed by atoms with Gasteiger partial charge in [0, 0.05) is 11.8 Å². The van der Waals surface area contributed by atoms with Crippen LogP contribution in [0.3, 0.4) is 0 Å². The molecule has 2 saturated heterocycles. The average molecular weight is 377 g/mol. The van der Waals surface area contributed by atoms with E-state index in [-0.39, 0.29) is 11.9 Å². The molecule has 1 unspecified atom stereocenters. The molecule has 0 aromatic heterocycles. The van der Waals surface area contributed by atoms with Crippen molar-refractivity contribution in [2.45, 2.75) is 32.3 Å². The minimum absolute atomic E-state index is 0.226. The molecule has 6 nitrogen and oxygen atoms in total. The largest absolute Gasteiger partial charge is 0.490 e. The molecule has 2 aliphatic rings. The highest BCUT2D eigenvalue weighted by Gasteiger charge is 2.32. The lowest BCUT2D eigenvalue weighted by Crippen LogP contribution is -2.30. The summed E-state index contributed by atoms with van der Waals surface area (Å²) >= 11 is 0. The number of nitrogens with one attached hydrogen (secondary N) is 2. The van der Waals surface area contributed by atoms with Gasteiger partial charge in [-0.2, -0.15) is 0 Å². The monoisotopic (exact) mass is 377 g/mol. The smallest absolute Gasteiger partial charge is 0.414 e. The molecule has 2 heterocycles. The van der Waals surface area contributed by atoms with Gasteiger partial charge in [-0.15, -0.1) is 0 Å². The summed E-state index contributed by atoms with van der Waals surface area (Å²) in [6, 6.07) is 4.62. The van der Waals surface area contributed by atoms with Gasteiger partial charge < -0.3 is 20.1 Å². The highest BCUT2D eigenvalue weighted by Crippen LogP contribution is 2.28. The van der Waals surface area contributed by atoms with Crippen LogP contribution in [0, 0.1) is 11.7 Å². The summed E-state index contributed by atoms with van der Waals surface area (Å²) in [4.78, 5) is 13.5. The summed E-state index contributed by atoms with van der Waals surface area (Å²) in [5.41, 5.74) is 1.28. The number of hydrogen-bond donors (Lipinski definition) is 2. The molecule has 1 aromatic rings. The highest BCUT2D eigenvalue weighted by molar-refractivity contribution is 5.89. The predicted molar refractivity (Wildman–Crippen MR) is 103 cm³/mol. The molecule has 2 atom stereocenters. The quantitative estimate of drug-likeness (QED) is 0.765. The van der Waals surface area contributed by atoms with E-state index in [4.69, 9.17) is 9.47 Å². The molecule has 0 saturated carbocycles. The van der Waals surface area contributed by atoms with Crippen molar-refractivity contribution < 1.29 is 18.7 Å². The van der Waals surface area contributed by atoms with Gasteiger partial charge in [-0.3, -0.25) is 4.90 Å². The van der Waals surface area contributed by atoms with Crippen LogP contribution in [0.5, 0.6) is 5.75 Å². The van der Waals surface area contributed by atoms with E-state index in [1.807, 2.05) is 6.92 Å². The number of carbonyl (C=O) groups is 1. The minimum Gasteiger partial charge on any atom is -0.490 e. The number of hydrogen-bond acceptors (Lipinski definition) is 5. The van der Waals surface area contributed by atoms with Crippen molar-refractivity contribution >= 4 is 11.8 Å². The van der Waals surface area contributed by atoms with E-state index in [2.05, 4.69) is 17.2 Å². The fraction of sp³-hybridized carbons (Fsp3) is 0.550. The third-order valence-corrected chi connectivity index (χ3v) is 4.90. The number of halogens is 1. The second-order valence-electron chi connectivity index (χ2n) is 7.25. The van der Waals surface area contributed by atoms with E-state index in [0.717, 1.165) is 38.0 Å². The van der Waals surface area contributed by atoms with Gasteiger partial charge in [0.1, 0.15) is 6.10 Å². The molecule has 148 valence electrons. The zero-order valence-corrected chi connectivity index (χ0v) is 15.8. The van der Waals surface area contributed by atoms with Gasteiger partial charge in [0.2, 0.25) is 0 Å². The van der Waals surface area contributed by atoms with Gasteiger partial charge in [0.15, 0.2) is 11.6 Å². The molecule has 1 amide bonds. The third-order valence-electron chi connectivity index (χ3n) is 4.90. The first kappa shape index (κ1) is 19.5. The Labute approximate surface area is 159 Å². The number of cyclic esters (lactones) is 1. The van der Waals surface area contributed by atoms with Crippen molar-refractivity contribution in [3.8, 4) is 5.75 Å². The molecule has 2 aliphatic heterocycles. The zero-order valence-electron chi connectivity index (χ0n) is 15.8. The summed E-state index contributed by atoms with van der Waals surface area (Å²) in [6.07, 6.45) is 2.48. The summed E-state index contributed by atoms with van der Waals surface area (Å²) in [7, 11) is 0. The van der Waals surface area contributed by atoms with Crippen LogP contribution in [-0.4, -0.2) is 45.0 Å². The van der Waals surface area contributed by atoms with E-state index in [9.17, 15) is 9.18 Å². The van der Waals surface area contributed by atoms with Gasteiger partial charge in [-0.05, 0) is 57.3 Å². The van der Waals surface area contributed by atoms with Crippen LogP contribution in [0.4, 0.5) is 14.9 Å². The summed E-state index contributed by atoms with van der Waals surface area (Å²) in [5, 5.41) is 6.42. The van der Waals surface area contributed by atoms with Crippen LogP contribution in [0.15, 0.2) is 30.5 Å². The fourth-order valence-electron chi connectivity index (χ4n) is 3.37. The van der Waals surface area contributed by atoms with Gasteiger partial charge in [0.25, 0.3) is 0 Å². The number of allylic oxidation sites excluding steroid dienone is 1. The van der Waals surface area contributed by atoms with Gasteiger partial charge in [-0.25, -0.2) is 9.18 Å². The first-order chi connectivity index (χ1) is 13.0. The number of carbonyl (C=O) groups excluding carboxylic acids is 1. The molecule has 2 N–H and O–H groups in total. The Balaban J connectivity index is 1.57. The zero-order chi connectivity index (χ0) is 19.2. The molecular formula is C20H28FN3O3. The lowest BCUT2D eigenvalue weighted by atomic mass is 10.0. The first-order valence-electron chi connectivity index (χ1n) is 9.53. The van der Waals surface area contributed by atoms with Gasteiger partial charge in [0.05, 0.1) is 25.4 Å². The maximum atomic E-state index is 14.5. The minimum atomic E-state index is -0.470. The molecule has 2 fully saturated rings. The maximum absolute atomic E-state index is 14.5. The molecule has 0 aliphatic carbocycles. The van der Waals surface area contributed by atoms with E-state index >= 15 is 0 Å². The van der Waals surface area contributed by atoms with Crippen molar-refractivity contribution in [3.63, 3.8) is 0 Å². The summed E-state index contributed by atoms with van der Waals surface area (Å²) in [5.74, 6) is 0.203. The Morgan fingerprint density at radius 2 is 2.30 bits per heavy atom. The van der Waals surface area contributed by atoms with Crippen LogP contribution in [0.2, 0.25) is 0 Å². The third kappa shape index (κ3) is 5.35. The molecule has 0 spiro atoms. The Kier molecular flexibility index (Phi) is 6.55. The second-order valence-corrected chi connectivity index (χ2v) is 7.25. The SMILES string of the molecule is C=C(C)NC[C@H]1CN(c2ccc(OCC3CCCNCC3)c(F)c2)C(=O)O1.